The largest absolute Gasteiger partial charge is 0.352 e. The second-order valence-corrected chi connectivity index (χ2v) is 13.8. The van der Waals surface area contributed by atoms with Crippen molar-refractivity contribution in [1.29, 1.82) is 0 Å². The number of benzene rings is 2. The molecule has 1 aliphatic rings. The number of halogens is 1. The summed E-state index contributed by atoms with van der Waals surface area (Å²) in [5.41, 5.74) is 13.3. The molecule has 0 aliphatic carbocycles. The average molecular weight is 580 g/mol. The van der Waals surface area contributed by atoms with E-state index in [1.165, 1.54) is 6.07 Å². The Bertz CT molecular complexity index is 2070. The number of hydrogen-bond acceptors (Lipinski definition) is 7. The SMILES string of the molecule is C=S(=C)(C)NCc1cc(F)cc(-c2ccnc3[nH]c(-c4n[nH]c5ccc(-c6cncc(N7CC(N)C7)n6)cc45)cc23)c1. The molecule has 0 radical (unpaired) electrons. The summed E-state index contributed by atoms with van der Waals surface area (Å²) in [5, 5.41) is 9.58. The van der Waals surface area contributed by atoms with Gasteiger partial charge in [0.25, 0.3) is 0 Å². The molecule has 0 spiro atoms. The number of nitrogens with zero attached hydrogens (tertiary/aromatic N) is 5. The standard InChI is InChI=1S/C31H30FN9S/c1-42(2,3)36-13-18-8-20(10-21(32)9-18)23-6-7-35-31-24(23)12-27(38-31)30-25-11-19(4-5-26(25)39-40-30)28-14-34-15-29(37-28)41-16-22(33)17-41/h4-12,14-15,22,36H,1-2,13,16-17,33H2,3H3,(H,35,38)(H,39,40). The van der Waals surface area contributed by atoms with Crippen molar-refractivity contribution in [3.05, 3.63) is 78.5 Å². The molecule has 0 atom stereocenters. The van der Waals surface area contributed by atoms with Gasteiger partial charge in [-0.15, -0.1) is 0 Å². The van der Waals surface area contributed by atoms with Gasteiger partial charge in [-0.25, -0.2) is 14.4 Å². The van der Waals surface area contributed by atoms with Crippen molar-refractivity contribution in [2.45, 2.75) is 12.6 Å². The molecule has 2 aromatic carbocycles. The van der Waals surface area contributed by atoms with Gasteiger partial charge in [0.05, 0.1) is 29.3 Å². The van der Waals surface area contributed by atoms with Gasteiger partial charge in [0.1, 0.15) is 23.0 Å². The van der Waals surface area contributed by atoms with Crippen molar-refractivity contribution in [3.63, 3.8) is 0 Å². The zero-order valence-corrected chi connectivity index (χ0v) is 23.9. The molecule has 0 unspecified atom stereocenters. The van der Waals surface area contributed by atoms with Crippen LogP contribution in [0, 0.1) is 5.82 Å². The first-order valence-corrected chi connectivity index (χ1v) is 15.9. The van der Waals surface area contributed by atoms with Crippen LogP contribution in [0.15, 0.2) is 67.1 Å². The van der Waals surface area contributed by atoms with Crippen molar-refractivity contribution in [3.8, 4) is 33.8 Å². The summed E-state index contributed by atoms with van der Waals surface area (Å²) in [7, 11) is -1.43. The van der Waals surface area contributed by atoms with Gasteiger partial charge in [-0.05, 0) is 65.4 Å². The molecular weight excluding hydrogens is 549 g/mol. The topological polar surface area (TPSA) is 124 Å². The van der Waals surface area contributed by atoms with E-state index in [1.54, 1.807) is 24.7 Å². The van der Waals surface area contributed by atoms with Crippen LogP contribution in [-0.2, 0) is 6.54 Å². The van der Waals surface area contributed by atoms with Crippen LogP contribution >= 0.6 is 9.39 Å². The molecule has 1 aliphatic heterocycles. The van der Waals surface area contributed by atoms with Gasteiger partial charge in [0, 0.05) is 48.2 Å². The highest BCUT2D eigenvalue weighted by molar-refractivity contribution is 8.25. The summed E-state index contributed by atoms with van der Waals surface area (Å²) < 4.78 is 18.0. The predicted octanol–water partition coefficient (Wildman–Crippen LogP) is 4.82. The monoisotopic (exact) mass is 579 g/mol. The van der Waals surface area contributed by atoms with Gasteiger partial charge in [0.15, 0.2) is 0 Å². The molecule has 1 saturated heterocycles. The van der Waals surface area contributed by atoms with E-state index in [1.807, 2.05) is 36.6 Å². The van der Waals surface area contributed by atoms with Crippen LogP contribution in [0.25, 0.3) is 55.7 Å². The Labute approximate surface area is 242 Å². The maximum atomic E-state index is 14.7. The van der Waals surface area contributed by atoms with Gasteiger partial charge in [-0.1, -0.05) is 17.8 Å². The first-order valence-electron chi connectivity index (χ1n) is 13.5. The fourth-order valence-electron chi connectivity index (χ4n) is 5.30. The Balaban J connectivity index is 1.26. The van der Waals surface area contributed by atoms with E-state index >= 15 is 0 Å². The number of nitrogens with two attached hydrogens (primary N) is 1. The molecule has 4 aromatic heterocycles. The first kappa shape index (κ1) is 26.3. The van der Waals surface area contributed by atoms with Crippen molar-refractivity contribution >= 4 is 48.9 Å². The van der Waals surface area contributed by atoms with Gasteiger partial charge in [-0.3, -0.25) is 14.8 Å². The molecule has 212 valence electrons. The Kier molecular flexibility index (Phi) is 6.30. The number of aromatic amines is 2. The molecule has 0 bridgehead atoms. The fraction of sp³-hybridized carbons (Fsp3) is 0.161. The molecule has 5 N–H and O–H groups in total. The number of rotatable bonds is 7. The molecule has 42 heavy (non-hydrogen) atoms. The number of anilines is 1. The summed E-state index contributed by atoms with van der Waals surface area (Å²) in [5.74, 6) is 8.63. The molecule has 6 aromatic rings. The minimum atomic E-state index is -1.43. The molecule has 1 fully saturated rings. The minimum absolute atomic E-state index is 0.177. The molecule has 11 heteroatoms. The first-order chi connectivity index (χ1) is 20.2. The maximum absolute atomic E-state index is 14.7. The van der Waals surface area contributed by atoms with E-state index in [0.717, 1.165) is 74.5 Å². The van der Waals surface area contributed by atoms with Gasteiger partial charge >= 0.3 is 0 Å². The van der Waals surface area contributed by atoms with Crippen LogP contribution < -0.4 is 15.4 Å². The zero-order valence-electron chi connectivity index (χ0n) is 23.1. The normalized spacial score (nSPS) is 14.1. The lowest BCUT2D eigenvalue weighted by atomic mass is 10.0. The summed E-state index contributed by atoms with van der Waals surface area (Å²) in [6, 6.07) is 15.2. The number of nitrogens with one attached hydrogen (secondary N) is 3. The molecule has 5 heterocycles. The highest BCUT2D eigenvalue weighted by Gasteiger charge is 2.25. The van der Waals surface area contributed by atoms with Crippen molar-refractivity contribution < 1.29 is 4.39 Å². The third-order valence-corrected chi connectivity index (χ3v) is 8.24. The maximum Gasteiger partial charge on any atom is 0.147 e. The lowest BCUT2D eigenvalue weighted by Gasteiger charge is -2.37. The predicted molar refractivity (Wildman–Crippen MR) is 172 cm³/mol. The van der Waals surface area contributed by atoms with Crippen LogP contribution in [0.2, 0.25) is 0 Å². The van der Waals surface area contributed by atoms with E-state index in [9.17, 15) is 4.39 Å². The Hall–Kier alpha value is -4.58. The highest BCUT2D eigenvalue weighted by Crippen LogP contribution is 2.35. The van der Waals surface area contributed by atoms with Crippen LogP contribution in [0.1, 0.15) is 5.56 Å². The summed E-state index contributed by atoms with van der Waals surface area (Å²) in [4.78, 5) is 19.4. The number of aromatic nitrogens is 6. The molecule has 9 nitrogen and oxygen atoms in total. The third-order valence-electron chi connectivity index (χ3n) is 7.39. The van der Waals surface area contributed by atoms with Crippen LogP contribution in [-0.4, -0.2) is 67.3 Å². The second-order valence-electron chi connectivity index (χ2n) is 11.0. The average Bonchev–Trinajstić information content (AvgIpc) is 3.57. The quantitative estimate of drug-likeness (QED) is 0.200. The lowest BCUT2D eigenvalue weighted by Crippen LogP contribution is -2.56. The van der Waals surface area contributed by atoms with Gasteiger partial charge in [-0.2, -0.15) is 14.5 Å². The van der Waals surface area contributed by atoms with Crippen LogP contribution in [0.4, 0.5) is 10.2 Å². The van der Waals surface area contributed by atoms with Crippen molar-refractivity contribution in [2.75, 3.05) is 24.2 Å². The van der Waals surface area contributed by atoms with E-state index in [2.05, 4.69) is 52.6 Å². The zero-order chi connectivity index (χ0) is 29.0. The number of hydrogen-bond donors (Lipinski definition) is 4. The number of H-pyrrole nitrogens is 2. The Morgan fingerprint density at radius 3 is 2.74 bits per heavy atom. The van der Waals surface area contributed by atoms with Crippen molar-refractivity contribution in [2.24, 2.45) is 5.73 Å². The van der Waals surface area contributed by atoms with Gasteiger partial charge < -0.3 is 15.6 Å². The second kappa shape index (κ2) is 10.1. The number of pyridine rings is 1. The van der Waals surface area contributed by atoms with E-state index in [0.29, 0.717) is 12.2 Å². The van der Waals surface area contributed by atoms with Gasteiger partial charge in [0.2, 0.25) is 0 Å². The number of fused-ring (bicyclic) bond motifs is 2. The van der Waals surface area contributed by atoms with Crippen molar-refractivity contribution in [1.82, 2.24) is 34.9 Å². The molecular formula is C31H30FN9S. The van der Waals surface area contributed by atoms with E-state index < -0.39 is 9.39 Å². The third kappa shape index (κ3) is 5.02. The van der Waals surface area contributed by atoms with E-state index in [4.69, 9.17) is 10.7 Å². The molecule has 0 amide bonds. The smallest absolute Gasteiger partial charge is 0.147 e. The van der Waals surface area contributed by atoms with Crippen LogP contribution in [0.5, 0.6) is 0 Å². The summed E-state index contributed by atoms with van der Waals surface area (Å²) in [6.45, 7) is 2.04. The summed E-state index contributed by atoms with van der Waals surface area (Å²) >= 11 is 0. The Morgan fingerprint density at radius 1 is 1.07 bits per heavy atom. The van der Waals surface area contributed by atoms with E-state index in [-0.39, 0.29) is 11.9 Å². The minimum Gasteiger partial charge on any atom is -0.352 e. The molecule has 7 rings (SSSR count). The van der Waals surface area contributed by atoms with Crippen LogP contribution in [0.3, 0.4) is 0 Å². The molecule has 0 saturated carbocycles. The lowest BCUT2D eigenvalue weighted by molar-refractivity contribution is 0.514. The highest BCUT2D eigenvalue weighted by atomic mass is 32.2. The Morgan fingerprint density at radius 2 is 1.93 bits per heavy atom. The summed E-state index contributed by atoms with van der Waals surface area (Å²) in [6.07, 6.45) is 7.22. The fourth-order valence-corrected chi connectivity index (χ4v) is 5.81.